The number of likely N-dealkylation sites (tertiary alicyclic amines) is 1. The van der Waals surface area contributed by atoms with Crippen LogP contribution in [0.25, 0.3) is 11.3 Å². The molecule has 1 amide bonds. The van der Waals surface area contributed by atoms with Gasteiger partial charge in [-0.2, -0.15) is 0 Å². The number of carbonyl (C=O) groups is 1. The topological polar surface area (TPSA) is 85.0 Å². The van der Waals surface area contributed by atoms with Crippen LogP contribution in [0.1, 0.15) is 46.9 Å². The fourth-order valence-corrected chi connectivity index (χ4v) is 4.20. The average molecular weight is 383 g/mol. The fraction of sp³-hybridized carbons (Fsp3) is 0.421. The molecule has 0 spiro atoms. The van der Waals surface area contributed by atoms with Gasteiger partial charge in [0.25, 0.3) is 5.91 Å². The molecule has 0 aromatic carbocycles. The predicted molar refractivity (Wildman–Crippen MR) is 101 cm³/mol. The van der Waals surface area contributed by atoms with E-state index in [9.17, 15) is 4.79 Å². The van der Waals surface area contributed by atoms with Crippen molar-refractivity contribution in [3.05, 3.63) is 46.1 Å². The van der Waals surface area contributed by atoms with E-state index in [1.807, 2.05) is 24.1 Å². The monoisotopic (exact) mass is 383 g/mol. The molecule has 0 radical (unpaired) electrons. The van der Waals surface area contributed by atoms with E-state index >= 15 is 0 Å². The van der Waals surface area contributed by atoms with Gasteiger partial charge in [-0.3, -0.25) is 9.78 Å². The van der Waals surface area contributed by atoms with E-state index in [2.05, 4.69) is 15.1 Å². The molecular formula is C19H21N5O2S. The molecule has 4 rings (SSSR count). The Morgan fingerprint density at radius 1 is 1.37 bits per heavy atom. The van der Waals surface area contributed by atoms with Gasteiger partial charge in [0.2, 0.25) is 0 Å². The maximum Gasteiger partial charge on any atom is 0.273 e. The minimum atomic E-state index is 0.0364. The summed E-state index contributed by atoms with van der Waals surface area (Å²) in [5, 5.41) is 5.81. The molecule has 27 heavy (non-hydrogen) atoms. The number of carbonyl (C=O) groups excluding carboxylic acids is 1. The van der Waals surface area contributed by atoms with Crippen LogP contribution in [0, 0.1) is 13.8 Å². The molecule has 1 atom stereocenters. The molecule has 0 bridgehead atoms. The molecule has 7 nitrogen and oxygen atoms in total. The Bertz CT molecular complexity index is 918. The Kier molecular flexibility index (Phi) is 4.98. The highest BCUT2D eigenvalue weighted by Crippen LogP contribution is 2.26. The van der Waals surface area contributed by atoms with Gasteiger partial charge in [0.1, 0.15) is 11.5 Å². The van der Waals surface area contributed by atoms with Gasteiger partial charge >= 0.3 is 0 Å². The van der Waals surface area contributed by atoms with Crippen molar-refractivity contribution in [3.8, 4) is 11.3 Å². The van der Waals surface area contributed by atoms with Crippen molar-refractivity contribution >= 4 is 17.2 Å². The summed E-state index contributed by atoms with van der Waals surface area (Å²) in [6, 6.07) is 0.226. The molecule has 4 heterocycles. The molecule has 8 heteroatoms. The van der Waals surface area contributed by atoms with Crippen LogP contribution in [0.3, 0.4) is 0 Å². The first kappa shape index (κ1) is 17.8. The molecule has 1 fully saturated rings. The van der Waals surface area contributed by atoms with Crippen molar-refractivity contribution in [1.82, 2.24) is 25.0 Å². The maximum atomic E-state index is 12.6. The van der Waals surface area contributed by atoms with Crippen LogP contribution in [0.4, 0.5) is 0 Å². The van der Waals surface area contributed by atoms with Gasteiger partial charge in [0.15, 0.2) is 0 Å². The Morgan fingerprint density at radius 3 is 3.00 bits per heavy atom. The van der Waals surface area contributed by atoms with Crippen molar-refractivity contribution in [1.29, 1.82) is 0 Å². The first-order valence-electron chi connectivity index (χ1n) is 9.07. The van der Waals surface area contributed by atoms with Crippen LogP contribution in [0.15, 0.2) is 27.8 Å². The number of aromatic nitrogens is 4. The Balaban J connectivity index is 1.46. The molecule has 1 aliphatic heterocycles. The number of thiazole rings is 1. The zero-order chi connectivity index (χ0) is 18.8. The lowest BCUT2D eigenvalue weighted by Crippen LogP contribution is -2.36. The molecule has 0 saturated carbocycles. The first-order chi connectivity index (χ1) is 13.1. The number of rotatable bonds is 5. The predicted octanol–water partition coefficient (Wildman–Crippen LogP) is 3.44. The van der Waals surface area contributed by atoms with Crippen LogP contribution >= 0.6 is 11.3 Å². The van der Waals surface area contributed by atoms with E-state index in [-0.39, 0.29) is 11.9 Å². The van der Waals surface area contributed by atoms with Crippen LogP contribution in [0.2, 0.25) is 0 Å². The van der Waals surface area contributed by atoms with Gasteiger partial charge in [-0.25, -0.2) is 9.97 Å². The normalized spacial score (nSPS) is 16.8. The molecule has 3 aromatic rings. The van der Waals surface area contributed by atoms with Crippen molar-refractivity contribution in [2.75, 3.05) is 6.54 Å². The summed E-state index contributed by atoms with van der Waals surface area (Å²) in [5.41, 5.74) is 5.67. The van der Waals surface area contributed by atoms with Gasteiger partial charge in [-0.05, 0) is 39.5 Å². The summed E-state index contributed by atoms with van der Waals surface area (Å²) in [6.45, 7) is 4.58. The van der Waals surface area contributed by atoms with Gasteiger partial charge in [0, 0.05) is 24.2 Å². The lowest BCUT2D eigenvalue weighted by molar-refractivity contribution is 0.0725. The molecule has 0 unspecified atom stereocenters. The highest BCUT2D eigenvalue weighted by atomic mass is 32.1. The Labute approximate surface area is 161 Å². The van der Waals surface area contributed by atoms with Crippen molar-refractivity contribution in [2.45, 2.75) is 45.6 Å². The third-order valence-electron chi connectivity index (χ3n) is 5.00. The van der Waals surface area contributed by atoms with E-state index in [4.69, 9.17) is 9.51 Å². The number of aryl methyl sites for hydroxylation is 3. The number of amides is 1. The lowest BCUT2D eigenvalue weighted by Gasteiger charge is -2.23. The minimum Gasteiger partial charge on any atom is -0.361 e. The van der Waals surface area contributed by atoms with Gasteiger partial charge < -0.3 is 9.42 Å². The van der Waals surface area contributed by atoms with E-state index < -0.39 is 0 Å². The standard InChI is InChI=1S/C19H21N5O2S/c1-12-18(13(2)26-23-12)16-9-20-8-14(22-16)5-6-15-4-3-7-24(15)19(25)17-10-27-11-21-17/h8-11,15H,3-7H2,1-2H3/t15-/m0/s1. The van der Waals surface area contributed by atoms with Crippen LogP contribution in [0.5, 0.6) is 0 Å². The van der Waals surface area contributed by atoms with Crippen molar-refractivity contribution in [2.24, 2.45) is 0 Å². The second-order valence-electron chi connectivity index (χ2n) is 6.80. The summed E-state index contributed by atoms with van der Waals surface area (Å²) in [7, 11) is 0. The van der Waals surface area contributed by atoms with Gasteiger partial charge in [-0.1, -0.05) is 5.16 Å². The third-order valence-corrected chi connectivity index (χ3v) is 5.58. The smallest absolute Gasteiger partial charge is 0.273 e. The summed E-state index contributed by atoms with van der Waals surface area (Å²) >= 11 is 1.45. The van der Waals surface area contributed by atoms with Crippen molar-refractivity contribution in [3.63, 3.8) is 0 Å². The Hall–Kier alpha value is -2.61. The van der Waals surface area contributed by atoms with E-state index in [0.717, 1.165) is 60.6 Å². The van der Waals surface area contributed by atoms with Crippen LogP contribution in [-0.4, -0.2) is 43.5 Å². The van der Waals surface area contributed by atoms with Gasteiger partial charge in [-0.15, -0.1) is 11.3 Å². The molecule has 1 saturated heterocycles. The van der Waals surface area contributed by atoms with E-state index in [1.165, 1.54) is 11.3 Å². The summed E-state index contributed by atoms with van der Waals surface area (Å²) in [5.74, 6) is 0.782. The SMILES string of the molecule is Cc1noc(C)c1-c1cncc(CC[C@@H]2CCCN2C(=O)c2cscn2)n1. The maximum absolute atomic E-state index is 12.6. The fourth-order valence-electron chi connectivity index (χ4n) is 3.68. The molecule has 140 valence electrons. The lowest BCUT2D eigenvalue weighted by atomic mass is 10.1. The second kappa shape index (κ2) is 7.56. The first-order valence-corrected chi connectivity index (χ1v) is 10.0. The summed E-state index contributed by atoms with van der Waals surface area (Å²) in [4.78, 5) is 27.8. The Morgan fingerprint density at radius 2 is 2.26 bits per heavy atom. The van der Waals surface area contributed by atoms with Crippen molar-refractivity contribution < 1.29 is 9.32 Å². The summed E-state index contributed by atoms with van der Waals surface area (Å²) < 4.78 is 5.24. The molecule has 0 N–H and O–H groups in total. The molecule has 1 aliphatic rings. The zero-order valence-electron chi connectivity index (χ0n) is 15.4. The highest BCUT2D eigenvalue weighted by Gasteiger charge is 2.30. The number of nitrogens with zero attached hydrogens (tertiary/aromatic N) is 5. The third kappa shape index (κ3) is 3.62. The molecule has 3 aromatic heterocycles. The van der Waals surface area contributed by atoms with E-state index in [1.54, 1.807) is 17.9 Å². The number of hydrogen-bond donors (Lipinski definition) is 0. The minimum absolute atomic E-state index is 0.0364. The van der Waals surface area contributed by atoms with Gasteiger partial charge in [0.05, 0.1) is 34.4 Å². The largest absolute Gasteiger partial charge is 0.361 e. The average Bonchev–Trinajstić information content (AvgIpc) is 3.41. The zero-order valence-corrected chi connectivity index (χ0v) is 16.2. The molecular weight excluding hydrogens is 362 g/mol. The molecule has 0 aliphatic carbocycles. The quantitative estimate of drug-likeness (QED) is 0.671. The number of hydrogen-bond acceptors (Lipinski definition) is 7. The highest BCUT2D eigenvalue weighted by molar-refractivity contribution is 7.07. The van der Waals surface area contributed by atoms with E-state index in [0.29, 0.717) is 5.69 Å². The van der Waals surface area contributed by atoms with Crippen LogP contribution < -0.4 is 0 Å². The van der Waals surface area contributed by atoms with Crippen LogP contribution in [-0.2, 0) is 6.42 Å². The summed E-state index contributed by atoms with van der Waals surface area (Å²) in [6.07, 6.45) is 7.23. The second-order valence-corrected chi connectivity index (χ2v) is 7.52.